The molecule has 1 aliphatic carbocycles. The molecular weight excluding hydrogens is 222 g/mol. The first-order valence-corrected chi connectivity index (χ1v) is 6.18. The molecule has 2 N–H and O–H groups in total. The predicted octanol–water partition coefficient (Wildman–Crippen LogP) is 1.00. The van der Waals surface area contributed by atoms with Crippen molar-refractivity contribution in [1.29, 1.82) is 0 Å². The minimum absolute atomic E-state index is 0.0206. The van der Waals surface area contributed by atoms with Crippen LogP contribution in [0.25, 0.3) is 0 Å². The summed E-state index contributed by atoms with van der Waals surface area (Å²) in [6.07, 6.45) is 3.82. The molecule has 0 heterocycles. The average Bonchev–Trinajstić information content (AvgIpc) is 2.28. The molecule has 1 fully saturated rings. The van der Waals surface area contributed by atoms with Crippen molar-refractivity contribution in [3.8, 4) is 0 Å². The van der Waals surface area contributed by atoms with Gasteiger partial charge in [-0.2, -0.15) is 0 Å². The molecule has 0 saturated heterocycles. The van der Waals surface area contributed by atoms with E-state index < -0.39 is 12.1 Å². The smallest absolute Gasteiger partial charge is 0.303 e. The average molecular weight is 243 g/mol. The lowest BCUT2D eigenvalue weighted by molar-refractivity contribution is -0.138. The molecule has 1 saturated carbocycles. The number of amides is 1. The van der Waals surface area contributed by atoms with Crippen molar-refractivity contribution in [2.75, 3.05) is 7.05 Å². The van der Waals surface area contributed by atoms with Crippen LogP contribution in [-0.2, 0) is 9.59 Å². The molecule has 1 rings (SSSR count). The van der Waals surface area contributed by atoms with Crippen LogP contribution in [-0.4, -0.2) is 46.2 Å². The first-order valence-electron chi connectivity index (χ1n) is 6.18. The Morgan fingerprint density at radius 2 is 1.88 bits per heavy atom. The van der Waals surface area contributed by atoms with Gasteiger partial charge in [0.2, 0.25) is 5.91 Å². The maximum Gasteiger partial charge on any atom is 0.303 e. The predicted molar refractivity (Wildman–Crippen MR) is 62.5 cm³/mol. The Kier molecular flexibility index (Phi) is 5.41. The molecule has 5 nitrogen and oxygen atoms in total. The molecular formula is C12H21NO4. The molecule has 17 heavy (non-hydrogen) atoms. The third-order valence-corrected chi connectivity index (χ3v) is 3.37. The van der Waals surface area contributed by atoms with Crippen molar-refractivity contribution in [3.05, 3.63) is 0 Å². The van der Waals surface area contributed by atoms with Crippen LogP contribution in [0.5, 0.6) is 0 Å². The van der Waals surface area contributed by atoms with Crippen LogP contribution in [0.3, 0.4) is 0 Å². The lowest BCUT2D eigenvalue weighted by atomic mass is 9.91. The number of aliphatic hydroxyl groups is 1. The highest BCUT2D eigenvalue weighted by Crippen LogP contribution is 2.23. The van der Waals surface area contributed by atoms with Gasteiger partial charge in [-0.3, -0.25) is 9.59 Å². The molecule has 0 aromatic carbocycles. The molecule has 2 unspecified atom stereocenters. The number of rotatable bonds is 5. The van der Waals surface area contributed by atoms with Crippen LogP contribution < -0.4 is 0 Å². The summed E-state index contributed by atoms with van der Waals surface area (Å²) in [5, 5.41) is 18.3. The topological polar surface area (TPSA) is 77.8 Å². The number of carboxylic acids is 1. The van der Waals surface area contributed by atoms with E-state index in [1.807, 2.05) is 0 Å². The number of hydrogen-bond donors (Lipinski definition) is 2. The van der Waals surface area contributed by atoms with Gasteiger partial charge < -0.3 is 15.1 Å². The molecule has 98 valence electrons. The Morgan fingerprint density at radius 1 is 1.24 bits per heavy atom. The van der Waals surface area contributed by atoms with E-state index in [1.54, 1.807) is 11.9 Å². The molecule has 1 aliphatic rings. The summed E-state index contributed by atoms with van der Waals surface area (Å²) < 4.78 is 0. The fraction of sp³-hybridized carbons (Fsp3) is 0.833. The third kappa shape index (κ3) is 4.34. The molecule has 0 aromatic rings. The lowest BCUT2D eigenvalue weighted by Crippen LogP contribution is -2.46. The summed E-state index contributed by atoms with van der Waals surface area (Å²) in [5.74, 6) is -0.949. The molecule has 0 aromatic heterocycles. The van der Waals surface area contributed by atoms with Crippen LogP contribution in [0.15, 0.2) is 0 Å². The van der Waals surface area contributed by atoms with Crippen LogP contribution in [0.1, 0.15) is 44.9 Å². The minimum atomic E-state index is -0.877. The Hall–Kier alpha value is -1.10. The first kappa shape index (κ1) is 14.0. The van der Waals surface area contributed by atoms with Gasteiger partial charge in [-0.05, 0) is 19.3 Å². The Labute approximate surface area is 101 Å². The normalized spacial score (nSPS) is 24.4. The van der Waals surface area contributed by atoms with E-state index in [0.717, 1.165) is 25.7 Å². The number of hydrogen-bond acceptors (Lipinski definition) is 3. The molecule has 2 atom stereocenters. The number of aliphatic hydroxyl groups excluding tert-OH is 1. The summed E-state index contributed by atoms with van der Waals surface area (Å²) in [6, 6.07) is -0.0962. The van der Waals surface area contributed by atoms with Crippen LogP contribution >= 0.6 is 0 Å². The SMILES string of the molecule is CN(C(=O)CCCC(=O)O)C1CCCCC1O. The van der Waals surface area contributed by atoms with E-state index in [9.17, 15) is 14.7 Å². The zero-order valence-electron chi connectivity index (χ0n) is 10.3. The van der Waals surface area contributed by atoms with Gasteiger partial charge in [0.25, 0.3) is 0 Å². The summed E-state index contributed by atoms with van der Waals surface area (Å²) in [5.41, 5.74) is 0. The zero-order valence-corrected chi connectivity index (χ0v) is 10.3. The second-order valence-corrected chi connectivity index (χ2v) is 4.67. The number of aliphatic carboxylic acids is 1. The second-order valence-electron chi connectivity index (χ2n) is 4.67. The van der Waals surface area contributed by atoms with Crippen molar-refractivity contribution < 1.29 is 19.8 Å². The van der Waals surface area contributed by atoms with Gasteiger partial charge in [-0.25, -0.2) is 0 Å². The van der Waals surface area contributed by atoms with Gasteiger partial charge in [0, 0.05) is 19.9 Å². The minimum Gasteiger partial charge on any atom is -0.481 e. The van der Waals surface area contributed by atoms with Crippen LogP contribution in [0, 0.1) is 0 Å². The number of nitrogens with zero attached hydrogens (tertiary/aromatic N) is 1. The molecule has 0 spiro atoms. The van der Waals surface area contributed by atoms with E-state index >= 15 is 0 Å². The van der Waals surface area contributed by atoms with Gasteiger partial charge in [-0.15, -0.1) is 0 Å². The van der Waals surface area contributed by atoms with E-state index in [2.05, 4.69) is 0 Å². The number of likely N-dealkylation sites (N-methyl/N-ethyl adjacent to an activating group) is 1. The fourth-order valence-corrected chi connectivity index (χ4v) is 2.30. The van der Waals surface area contributed by atoms with Gasteiger partial charge in [0.1, 0.15) is 0 Å². The molecule has 0 radical (unpaired) electrons. The lowest BCUT2D eigenvalue weighted by Gasteiger charge is -2.35. The Bertz CT molecular complexity index is 280. The van der Waals surface area contributed by atoms with Crippen molar-refractivity contribution in [3.63, 3.8) is 0 Å². The summed E-state index contributed by atoms with van der Waals surface area (Å²) in [6.45, 7) is 0. The van der Waals surface area contributed by atoms with Gasteiger partial charge in [0.05, 0.1) is 12.1 Å². The van der Waals surface area contributed by atoms with Crippen molar-refractivity contribution in [2.24, 2.45) is 0 Å². The molecule has 0 aliphatic heterocycles. The first-order chi connectivity index (χ1) is 8.02. The number of carbonyl (C=O) groups excluding carboxylic acids is 1. The van der Waals surface area contributed by atoms with Crippen molar-refractivity contribution >= 4 is 11.9 Å². The largest absolute Gasteiger partial charge is 0.481 e. The quantitative estimate of drug-likeness (QED) is 0.755. The highest BCUT2D eigenvalue weighted by Gasteiger charge is 2.28. The van der Waals surface area contributed by atoms with Crippen molar-refractivity contribution in [2.45, 2.75) is 57.1 Å². The summed E-state index contributed by atoms with van der Waals surface area (Å²) in [7, 11) is 1.70. The highest BCUT2D eigenvalue weighted by molar-refractivity contribution is 5.77. The van der Waals surface area contributed by atoms with E-state index in [1.165, 1.54) is 0 Å². The highest BCUT2D eigenvalue weighted by atomic mass is 16.4. The molecule has 5 heteroatoms. The van der Waals surface area contributed by atoms with Gasteiger partial charge in [0.15, 0.2) is 0 Å². The van der Waals surface area contributed by atoms with E-state index in [0.29, 0.717) is 6.42 Å². The summed E-state index contributed by atoms with van der Waals surface area (Å²) in [4.78, 5) is 23.7. The fourth-order valence-electron chi connectivity index (χ4n) is 2.30. The van der Waals surface area contributed by atoms with E-state index in [4.69, 9.17) is 5.11 Å². The van der Waals surface area contributed by atoms with Gasteiger partial charge in [-0.1, -0.05) is 12.8 Å². The number of carboxylic acid groups (broad SMARTS) is 1. The summed E-state index contributed by atoms with van der Waals surface area (Å²) >= 11 is 0. The second kappa shape index (κ2) is 6.59. The maximum absolute atomic E-state index is 11.8. The van der Waals surface area contributed by atoms with E-state index in [-0.39, 0.29) is 24.8 Å². The standard InChI is InChI=1S/C12H21NO4/c1-13(9-5-2-3-6-10(9)14)11(15)7-4-8-12(16)17/h9-10,14H,2-8H2,1H3,(H,16,17). The third-order valence-electron chi connectivity index (χ3n) is 3.37. The molecule has 1 amide bonds. The molecule has 0 bridgehead atoms. The monoisotopic (exact) mass is 243 g/mol. The Balaban J connectivity index is 2.37. The van der Waals surface area contributed by atoms with Crippen LogP contribution in [0.2, 0.25) is 0 Å². The van der Waals surface area contributed by atoms with Crippen LogP contribution in [0.4, 0.5) is 0 Å². The van der Waals surface area contributed by atoms with Gasteiger partial charge >= 0.3 is 5.97 Å². The maximum atomic E-state index is 11.8. The number of carbonyl (C=O) groups is 2. The van der Waals surface area contributed by atoms with Crippen molar-refractivity contribution in [1.82, 2.24) is 4.90 Å². The Morgan fingerprint density at radius 3 is 2.47 bits per heavy atom. The zero-order chi connectivity index (χ0) is 12.8.